The van der Waals surface area contributed by atoms with Crippen LogP contribution in [0.4, 0.5) is 0 Å². The molecule has 6 heteroatoms. The minimum atomic E-state index is -0.228. The Morgan fingerprint density at radius 3 is 3.15 bits per heavy atom. The smallest absolute Gasteiger partial charge is 0.226 e. The van der Waals surface area contributed by atoms with Crippen LogP contribution < -0.4 is 5.32 Å². The van der Waals surface area contributed by atoms with Gasteiger partial charge in [0.05, 0.1) is 24.3 Å². The van der Waals surface area contributed by atoms with Crippen LogP contribution in [0.2, 0.25) is 0 Å². The number of rotatable bonds is 6. The van der Waals surface area contributed by atoms with Crippen molar-refractivity contribution in [2.45, 2.75) is 45.3 Å². The van der Waals surface area contributed by atoms with Crippen LogP contribution in [0.15, 0.2) is 5.38 Å². The van der Waals surface area contributed by atoms with Gasteiger partial charge in [-0.25, -0.2) is 4.98 Å². The maximum Gasteiger partial charge on any atom is 0.226 e. The molecule has 0 spiro atoms. The van der Waals surface area contributed by atoms with Crippen LogP contribution in [0, 0.1) is 0 Å². The van der Waals surface area contributed by atoms with Gasteiger partial charge < -0.3 is 14.8 Å². The highest BCUT2D eigenvalue weighted by Gasteiger charge is 2.31. The molecular weight excluding hydrogens is 276 g/mol. The van der Waals surface area contributed by atoms with Gasteiger partial charge >= 0.3 is 0 Å². The summed E-state index contributed by atoms with van der Waals surface area (Å²) in [5, 5.41) is 5.89. The largest absolute Gasteiger partial charge is 0.379 e. The number of carbonyl (C=O) groups excluding carboxylic acids is 1. The van der Waals surface area contributed by atoms with Crippen molar-refractivity contribution in [1.82, 2.24) is 10.3 Å². The van der Waals surface area contributed by atoms with Gasteiger partial charge in [0.1, 0.15) is 11.1 Å². The van der Waals surface area contributed by atoms with Crippen LogP contribution in [0.1, 0.15) is 44.0 Å². The molecule has 112 valence electrons. The molecule has 5 nitrogen and oxygen atoms in total. The van der Waals surface area contributed by atoms with Gasteiger partial charge in [-0.15, -0.1) is 11.3 Å². The van der Waals surface area contributed by atoms with E-state index in [1.165, 1.54) is 0 Å². The van der Waals surface area contributed by atoms with Crippen molar-refractivity contribution in [3.8, 4) is 0 Å². The highest BCUT2D eigenvalue weighted by Crippen LogP contribution is 2.22. The van der Waals surface area contributed by atoms with Crippen LogP contribution in [-0.4, -0.2) is 36.3 Å². The van der Waals surface area contributed by atoms with Crippen molar-refractivity contribution in [3.05, 3.63) is 16.1 Å². The minimum absolute atomic E-state index is 0.00101. The van der Waals surface area contributed by atoms with E-state index in [2.05, 4.69) is 10.3 Å². The molecule has 0 unspecified atom stereocenters. The SMILES string of the molecule is CCO[C@H](C)c1nc(CC(=O)N[C@]2(C)CCOC2)cs1. The van der Waals surface area contributed by atoms with E-state index in [1.807, 2.05) is 26.2 Å². The second kappa shape index (κ2) is 6.65. The average molecular weight is 298 g/mol. The molecule has 1 aliphatic rings. The topological polar surface area (TPSA) is 60.5 Å². The van der Waals surface area contributed by atoms with E-state index in [-0.39, 0.29) is 17.6 Å². The molecule has 1 fully saturated rings. The molecule has 20 heavy (non-hydrogen) atoms. The predicted octanol–water partition coefficient (Wildman–Crippen LogP) is 2.08. The zero-order valence-corrected chi connectivity index (χ0v) is 13.1. The number of thiazole rings is 1. The fraction of sp³-hybridized carbons (Fsp3) is 0.714. The van der Waals surface area contributed by atoms with E-state index in [0.717, 1.165) is 17.1 Å². The summed E-state index contributed by atoms with van der Waals surface area (Å²) in [7, 11) is 0. The van der Waals surface area contributed by atoms with Crippen molar-refractivity contribution < 1.29 is 14.3 Å². The van der Waals surface area contributed by atoms with Gasteiger partial charge in [-0.1, -0.05) is 0 Å². The van der Waals surface area contributed by atoms with E-state index in [4.69, 9.17) is 9.47 Å². The normalized spacial score (nSPS) is 23.8. The van der Waals surface area contributed by atoms with Gasteiger partial charge in [-0.2, -0.15) is 0 Å². The Morgan fingerprint density at radius 1 is 1.70 bits per heavy atom. The first kappa shape index (κ1) is 15.4. The number of hydrogen-bond acceptors (Lipinski definition) is 5. The molecule has 1 aliphatic heterocycles. The minimum Gasteiger partial charge on any atom is -0.379 e. The third kappa shape index (κ3) is 4.01. The summed E-state index contributed by atoms with van der Waals surface area (Å²) in [4.78, 5) is 16.5. The van der Waals surface area contributed by atoms with Crippen molar-refractivity contribution in [2.75, 3.05) is 19.8 Å². The molecule has 1 N–H and O–H groups in total. The lowest BCUT2D eigenvalue weighted by molar-refractivity contribution is -0.122. The van der Waals surface area contributed by atoms with Crippen LogP contribution >= 0.6 is 11.3 Å². The van der Waals surface area contributed by atoms with Gasteiger partial charge in [-0.05, 0) is 27.2 Å². The zero-order chi connectivity index (χ0) is 14.6. The van der Waals surface area contributed by atoms with E-state index >= 15 is 0 Å². The molecule has 2 rings (SSSR count). The lowest BCUT2D eigenvalue weighted by Gasteiger charge is -2.23. The van der Waals surface area contributed by atoms with E-state index in [9.17, 15) is 4.79 Å². The molecule has 0 saturated carbocycles. The molecule has 2 heterocycles. The standard InChI is InChI=1S/C14H22N2O3S/c1-4-19-10(2)13-15-11(8-20-13)7-12(17)16-14(3)5-6-18-9-14/h8,10H,4-7,9H2,1-3H3,(H,16,17)/t10-,14-/m1/s1. The van der Waals surface area contributed by atoms with Crippen LogP contribution in [0.25, 0.3) is 0 Å². The summed E-state index contributed by atoms with van der Waals surface area (Å²) < 4.78 is 10.8. The van der Waals surface area contributed by atoms with Crippen molar-refractivity contribution in [2.24, 2.45) is 0 Å². The van der Waals surface area contributed by atoms with Crippen LogP contribution in [0.5, 0.6) is 0 Å². The summed E-state index contributed by atoms with van der Waals surface area (Å²) in [6, 6.07) is 0. The quantitative estimate of drug-likeness (QED) is 0.873. The first-order chi connectivity index (χ1) is 9.52. The second-order valence-corrected chi connectivity index (χ2v) is 6.25. The van der Waals surface area contributed by atoms with Crippen LogP contribution in [-0.2, 0) is 20.7 Å². The third-order valence-corrected chi connectivity index (χ3v) is 4.39. The Balaban J connectivity index is 1.88. The average Bonchev–Trinajstić information content (AvgIpc) is 2.99. The van der Waals surface area contributed by atoms with Crippen molar-refractivity contribution in [1.29, 1.82) is 0 Å². The molecular formula is C14H22N2O3S. The number of amides is 1. The lowest BCUT2D eigenvalue weighted by atomic mass is 10.0. The molecule has 1 aromatic heterocycles. The van der Waals surface area contributed by atoms with E-state index in [0.29, 0.717) is 26.2 Å². The molecule has 1 aromatic rings. The Labute approximate surface area is 123 Å². The summed E-state index contributed by atoms with van der Waals surface area (Å²) in [5.41, 5.74) is 0.575. The summed E-state index contributed by atoms with van der Waals surface area (Å²) in [6.45, 7) is 7.91. The highest BCUT2D eigenvalue weighted by atomic mass is 32.1. The maximum atomic E-state index is 12.0. The number of carbonyl (C=O) groups is 1. The second-order valence-electron chi connectivity index (χ2n) is 5.36. The Morgan fingerprint density at radius 2 is 2.50 bits per heavy atom. The number of hydrogen-bond donors (Lipinski definition) is 1. The summed E-state index contributed by atoms with van der Waals surface area (Å²) >= 11 is 1.54. The monoisotopic (exact) mass is 298 g/mol. The number of nitrogens with one attached hydrogen (secondary N) is 1. The fourth-order valence-electron chi connectivity index (χ4n) is 2.22. The molecule has 0 bridgehead atoms. The molecule has 1 amide bonds. The first-order valence-electron chi connectivity index (χ1n) is 6.97. The lowest BCUT2D eigenvalue weighted by Crippen LogP contribution is -2.47. The van der Waals surface area contributed by atoms with Crippen LogP contribution in [0.3, 0.4) is 0 Å². The third-order valence-electron chi connectivity index (χ3n) is 3.34. The zero-order valence-electron chi connectivity index (χ0n) is 12.3. The van der Waals surface area contributed by atoms with Crippen molar-refractivity contribution in [3.63, 3.8) is 0 Å². The Bertz CT molecular complexity index is 455. The first-order valence-corrected chi connectivity index (χ1v) is 7.85. The highest BCUT2D eigenvalue weighted by molar-refractivity contribution is 7.09. The molecule has 0 aromatic carbocycles. The Hall–Kier alpha value is -0.980. The van der Waals surface area contributed by atoms with Gasteiger partial charge in [0, 0.05) is 18.6 Å². The molecule has 0 aliphatic carbocycles. The summed E-state index contributed by atoms with van der Waals surface area (Å²) in [5.74, 6) is -0.00101. The van der Waals surface area contributed by atoms with Gasteiger partial charge in [0.15, 0.2) is 0 Å². The van der Waals surface area contributed by atoms with Gasteiger partial charge in [0.2, 0.25) is 5.91 Å². The van der Waals surface area contributed by atoms with E-state index in [1.54, 1.807) is 11.3 Å². The fourth-order valence-corrected chi connectivity index (χ4v) is 3.05. The molecule has 1 saturated heterocycles. The Kier molecular flexibility index (Phi) is 5.12. The van der Waals surface area contributed by atoms with E-state index < -0.39 is 0 Å². The summed E-state index contributed by atoms with van der Waals surface area (Å²) in [6.07, 6.45) is 1.16. The molecule has 0 radical (unpaired) electrons. The van der Waals surface area contributed by atoms with Gasteiger partial charge in [-0.3, -0.25) is 4.79 Å². The van der Waals surface area contributed by atoms with Gasteiger partial charge in [0.25, 0.3) is 0 Å². The molecule has 2 atom stereocenters. The maximum absolute atomic E-state index is 12.0. The number of aromatic nitrogens is 1. The van der Waals surface area contributed by atoms with Crippen molar-refractivity contribution >= 4 is 17.2 Å². The number of ether oxygens (including phenoxy) is 2. The number of nitrogens with zero attached hydrogens (tertiary/aromatic N) is 1. The predicted molar refractivity (Wildman–Crippen MR) is 77.8 cm³/mol.